The first-order valence-electron chi connectivity index (χ1n) is 9.41. The number of halogens is 3. The Morgan fingerprint density at radius 2 is 1.50 bits per heavy atom. The quantitative estimate of drug-likeness (QED) is 0.377. The molecule has 1 amide bonds. The summed E-state index contributed by atoms with van der Waals surface area (Å²) in [5.41, 5.74) is 1.23. The van der Waals surface area contributed by atoms with E-state index in [1.165, 1.54) is 12.1 Å². The van der Waals surface area contributed by atoms with Crippen molar-refractivity contribution >= 4 is 29.0 Å². The average Bonchev–Trinajstić information content (AvgIpc) is 2.72. The zero-order valence-corrected chi connectivity index (χ0v) is 16.6. The number of hydrogen-bond acceptors (Lipinski definition) is 4. The van der Waals surface area contributed by atoms with E-state index in [1.807, 2.05) is 0 Å². The van der Waals surface area contributed by atoms with Crippen LogP contribution in [0.4, 0.5) is 24.5 Å². The summed E-state index contributed by atoms with van der Waals surface area (Å²) < 4.78 is 40.4. The lowest BCUT2D eigenvalue weighted by Crippen LogP contribution is -2.14. The first-order valence-corrected chi connectivity index (χ1v) is 9.41. The molecule has 0 fully saturated rings. The van der Waals surface area contributed by atoms with Gasteiger partial charge in [0, 0.05) is 29.5 Å². The van der Waals surface area contributed by atoms with Crippen LogP contribution in [0.3, 0.4) is 0 Å². The molecule has 0 bridgehead atoms. The topological polar surface area (TPSA) is 102 Å². The first kappa shape index (κ1) is 22.5. The fourth-order valence-electron chi connectivity index (χ4n) is 2.95. The van der Waals surface area contributed by atoms with E-state index in [2.05, 4.69) is 10.6 Å². The Hall–Kier alpha value is -4.14. The molecule has 164 valence electrons. The van der Waals surface area contributed by atoms with E-state index in [9.17, 15) is 22.8 Å². The molecule has 32 heavy (non-hydrogen) atoms. The Balaban J connectivity index is 1.66. The number of amides is 1. The third-order valence-electron chi connectivity index (χ3n) is 4.51. The molecular weight excluding hydrogens is 423 g/mol. The summed E-state index contributed by atoms with van der Waals surface area (Å²) in [7, 11) is 0. The summed E-state index contributed by atoms with van der Waals surface area (Å²) in [5.74, 6) is -4.18. The van der Waals surface area contributed by atoms with Crippen LogP contribution in [-0.2, 0) is 11.3 Å². The molecular formula is C23H18F3N3O3. The Morgan fingerprint density at radius 1 is 0.875 bits per heavy atom. The first-order chi connectivity index (χ1) is 15.2. The van der Waals surface area contributed by atoms with E-state index in [1.54, 1.807) is 24.3 Å². The van der Waals surface area contributed by atoms with Crippen molar-refractivity contribution in [1.82, 2.24) is 0 Å². The second-order valence-electron chi connectivity index (χ2n) is 6.87. The maximum Gasteiger partial charge on any atom is 0.309 e. The van der Waals surface area contributed by atoms with Crippen molar-refractivity contribution in [2.75, 3.05) is 10.6 Å². The minimum atomic E-state index is -1.16. The predicted molar refractivity (Wildman–Crippen MR) is 114 cm³/mol. The normalized spacial score (nSPS) is 10.5. The minimum absolute atomic E-state index is 0.161. The molecule has 0 spiro atoms. The van der Waals surface area contributed by atoms with Gasteiger partial charge < -0.3 is 21.1 Å². The Bertz CT molecular complexity index is 1180. The van der Waals surface area contributed by atoms with Gasteiger partial charge in [0.05, 0.1) is 17.7 Å². The standard InChI is InChI=1S/C23H18F3N3O3/c24-14-3-7-17(19(26)9-14)23(32)29-16-5-1-13(2-6-16)12-28-21-10-15(25)4-8-18(21)20(27)11-22(30)31/h1-10,27-28H,11-12H2,(H,29,32)(H,30,31). The van der Waals surface area contributed by atoms with Crippen molar-refractivity contribution < 1.29 is 27.9 Å². The van der Waals surface area contributed by atoms with Crippen LogP contribution in [0, 0.1) is 22.9 Å². The number of benzene rings is 3. The van der Waals surface area contributed by atoms with E-state index in [0.29, 0.717) is 11.8 Å². The molecule has 3 aromatic carbocycles. The van der Waals surface area contributed by atoms with Crippen LogP contribution >= 0.6 is 0 Å². The molecule has 0 aliphatic heterocycles. The lowest BCUT2D eigenvalue weighted by Gasteiger charge is -2.13. The van der Waals surface area contributed by atoms with Crippen molar-refractivity contribution in [3.8, 4) is 0 Å². The minimum Gasteiger partial charge on any atom is -0.481 e. The maximum atomic E-state index is 13.7. The average molecular weight is 441 g/mol. The molecule has 0 heterocycles. The van der Waals surface area contributed by atoms with E-state index in [0.717, 1.165) is 23.8 Å². The Labute approximate surface area is 181 Å². The van der Waals surface area contributed by atoms with Crippen LogP contribution in [0.5, 0.6) is 0 Å². The zero-order valence-electron chi connectivity index (χ0n) is 16.6. The number of carboxylic acids is 1. The summed E-state index contributed by atoms with van der Waals surface area (Å²) in [5, 5.41) is 22.3. The van der Waals surface area contributed by atoms with Crippen molar-refractivity contribution in [3.05, 3.63) is 94.8 Å². The van der Waals surface area contributed by atoms with Gasteiger partial charge in [-0.05, 0) is 48.0 Å². The Kier molecular flexibility index (Phi) is 6.89. The lowest BCUT2D eigenvalue weighted by molar-refractivity contribution is -0.135. The highest BCUT2D eigenvalue weighted by Crippen LogP contribution is 2.21. The van der Waals surface area contributed by atoms with Gasteiger partial charge >= 0.3 is 5.97 Å². The molecule has 0 unspecified atom stereocenters. The highest BCUT2D eigenvalue weighted by Gasteiger charge is 2.14. The summed E-state index contributed by atoms with van der Waals surface area (Å²) >= 11 is 0. The molecule has 0 atom stereocenters. The highest BCUT2D eigenvalue weighted by atomic mass is 19.1. The number of carboxylic acid groups (broad SMARTS) is 1. The molecule has 0 saturated heterocycles. The van der Waals surface area contributed by atoms with Crippen LogP contribution < -0.4 is 10.6 Å². The second-order valence-corrected chi connectivity index (χ2v) is 6.87. The molecule has 4 N–H and O–H groups in total. The van der Waals surface area contributed by atoms with Gasteiger partial charge in [-0.15, -0.1) is 0 Å². The molecule has 0 aliphatic carbocycles. The van der Waals surface area contributed by atoms with Gasteiger partial charge in [-0.25, -0.2) is 13.2 Å². The number of carbonyl (C=O) groups excluding carboxylic acids is 1. The van der Waals surface area contributed by atoms with Crippen molar-refractivity contribution in [2.24, 2.45) is 0 Å². The smallest absolute Gasteiger partial charge is 0.309 e. The molecule has 0 radical (unpaired) electrons. The van der Waals surface area contributed by atoms with Gasteiger partial charge in [0.25, 0.3) is 5.91 Å². The zero-order chi connectivity index (χ0) is 23.3. The summed E-state index contributed by atoms with van der Waals surface area (Å²) in [6.45, 7) is 0.234. The van der Waals surface area contributed by atoms with Crippen LogP contribution in [0.2, 0.25) is 0 Å². The molecule has 9 heteroatoms. The number of aliphatic carboxylic acids is 1. The fraction of sp³-hybridized carbons (Fsp3) is 0.0870. The van der Waals surface area contributed by atoms with Gasteiger partial charge in [-0.1, -0.05) is 12.1 Å². The van der Waals surface area contributed by atoms with E-state index < -0.39 is 35.7 Å². The van der Waals surface area contributed by atoms with Gasteiger partial charge in [0.2, 0.25) is 0 Å². The number of carbonyl (C=O) groups is 2. The van der Waals surface area contributed by atoms with Crippen LogP contribution in [0.15, 0.2) is 60.7 Å². The number of rotatable bonds is 8. The van der Waals surface area contributed by atoms with Gasteiger partial charge in [-0.3, -0.25) is 9.59 Å². The summed E-state index contributed by atoms with van der Waals surface area (Å²) in [6.07, 6.45) is -0.497. The van der Waals surface area contributed by atoms with Crippen molar-refractivity contribution in [2.45, 2.75) is 13.0 Å². The van der Waals surface area contributed by atoms with Crippen LogP contribution in [-0.4, -0.2) is 22.7 Å². The van der Waals surface area contributed by atoms with E-state index in [4.69, 9.17) is 10.5 Å². The van der Waals surface area contributed by atoms with Crippen LogP contribution in [0.1, 0.15) is 27.9 Å². The van der Waals surface area contributed by atoms with Gasteiger partial charge in [0.1, 0.15) is 17.5 Å². The Morgan fingerprint density at radius 3 is 2.12 bits per heavy atom. The molecule has 3 aromatic rings. The second kappa shape index (κ2) is 9.78. The highest BCUT2D eigenvalue weighted by molar-refractivity contribution is 6.10. The fourth-order valence-corrected chi connectivity index (χ4v) is 2.95. The third-order valence-corrected chi connectivity index (χ3v) is 4.51. The van der Waals surface area contributed by atoms with Gasteiger partial charge in [-0.2, -0.15) is 0 Å². The summed E-state index contributed by atoms with van der Waals surface area (Å²) in [4.78, 5) is 23.0. The monoisotopic (exact) mass is 441 g/mol. The van der Waals surface area contributed by atoms with Gasteiger partial charge in [0.15, 0.2) is 0 Å². The summed E-state index contributed by atoms with van der Waals surface area (Å²) in [6, 6.07) is 12.8. The number of anilines is 2. The van der Waals surface area contributed by atoms with E-state index in [-0.39, 0.29) is 29.1 Å². The number of hydrogen-bond donors (Lipinski definition) is 4. The molecule has 0 saturated carbocycles. The predicted octanol–water partition coefficient (Wildman–Crippen LogP) is 4.81. The lowest BCUT2D eigenvalue weighted by atomic mass is 10.0. The molecule has 6 nitrogen and oxygen atoms in total. The van der Waals surface area contributed by atoms with Crippen LogP contribution in [0.25, 0.3) is 0 Å². The van der Waals surface area contributed by atoms with Crippen molar-refractivity contribution in [1.29, 1.82) is 5.41 Å². The SMILES string of the molecule is N=C(CC(=O)O)c1ccc(F)cc1NCc1ccc(NC(=O)c2ccc(F)cc2F)cc1. The third kappa shape index (κ3) is 5.72. The number of nitrogens with one attached hydrogen (secondary N) is 3. The van der Waals surface area contributed by atoms with E-state index >= 15 is 0 Å². The molecule has 0 aliphatic rings. The molecule has 3 rings (SSSR count). The largest absolute Gasteiger partial charge is 0.481 e. The molecule has 0 aromatic heterocycles. The van der Waals surface area contributed by atoms with Crippen molar-refractivity contribution in [3.63, 3.8) is 0 Å². The maximum absolute atomic E-state index is 13.7.